The van der Waals surface area contributed by atoms with Gasteiger partial charge in [-0.05, 0) is 6.07 Å². The number of benzene rings is 1. The van der Waals surface area contributed by atoms with Gasteiger partial charge in [0.05, 0.1) is 5.02 Å². The predicted octanol–water partition coefficient (Wildman–Crippen LogP) is 2.37. The molecule has 0 nitrogen and oxygen atoms in total. The minimum atomic E-state index is 0. The van der Waals surface area contributed by atoms with Crippen LogP contribution in [0.25, 0.3) is 0 Å². The van der Waals surface area contributed by atoms with Crippen LogP contribution in [0.15, 0.2) is 18.2 Å². The fraction of sp³-hybridized carbons (Fsp3) is 0. The summed E-state index contributed by atoms with van der Waals surface area (Å²) in [6.45, 7) is 0. The van der Waals surface area contributed by atoms with Gasteiger partial charge < -0.3 is 0 Å². The molecule has 0 fully saturated rings. The first kappa shape index (κ1) is 10.8. The van der Waals surface area contributed by atoms with E-state index in [1.54, 1.807) is 6.07 Å². The highest BCUT2D eigenvalue weighted by molar-refractivity contribution is 8.93. The molecule has 0 aromatic heterocycles. The molecule has 0 N–H and O–H groups in total. The van der Waals surface area contributed by atoms with Crippen LogP contribution in [0.4, 0.5) is 0 Å². The standard InChI is InChI=1S/C6H3Cl2.Al.BrH/c7-5-3-1-2-4-6(5)8;;/h1-3H;;1H. The molecule has 0 saturated carbocycles. The Hall–Kier alpha value is 0.812. The second kappa shape index (κ2) is 4.64. The zero-order valence-corrected chi connectivity index (χ0v) is 9.35. The van der Waals surface area contributed by atoms with Gasteiger partial charge in [-0.15, -0.1) is 21.4 Å². The fourth-order valence-electron chi connectivity index (χ4n) is 0.520. The lowest BCUT2D eigenvalue weighted by molar-refractivity contribution is 1.76. The Morgan fingerprint density at radius 3 is 2.20 bits per heavy atom. The van der Waals surface area contributed by atoms with E-state index in [0.29, 0.717) is 10.0 Å². The monoisotopic (exact) mass is 252 g/mol. The molecule has 0 saturated heterocycles. The van der Waals surface area contributed by atoms with Gasteiger partial charge in [0.25, 0.3) is 0 Å². The largest absolute Gasteiger partial charge is 0.178 e. The molecular weight excluding hydrogens is 250 g/mol. The van der Waals surface area contributed by atoms with Gasteiger partial charge in [-0.2, -0.15) is 0 Å². The normalized spacial score (nSPS) is 8.60. The van der Waals surface area contributed by atoms with E-state index >= 15 is 0 Å². The summed E-state index contributed by atoms with van der Waals surface area (Å²) in [4.78, 5) is 0. The molecule has 0 amide bonds. The molecule has 0 bridgehead atoms. The van der Waals surface area contributed by atoms with Crippen molar-refractivity contribution in [3.63, 3.8) is 0 Å². The zero-order chi connectivity index (χ0) is 6.85. The molecule has 0 atom stereocenters. The summed E-state index contributed by atoms with van der Waals surface area (Å²) in [6, 6.07) is 5.51. The molecule has 0 unspecified atom stereocenters. The number of rotatable bonds is 0. The van der Waals surface area contributed by atoms with E-state index in [9.17, 15) is 0 Å². The maximum Gasteiger partial charge on any atom is 0.178 e. The average molecular weight is 254 g/mol. The predicted molar refractivity (Wildman–Crippen MR) is 52.2 cm³/mol. The van der Waals surface area contributed by atoms with Crippen LogP contribution in [0.3, 0.4) is 0 Å². The van der Waals surface area contributed by atoms with Crippen LogP contribution in [0, 0.1) is 0 Å². The molecular formula is C6H4AlBrCl2. The third kappa shape index (κ3) is 2.45. The third-order valence-corrected chi connectivity index (χ3v) is 2.48. The molecule has 0 aliphatic rings. The van der Waals surface area contributed by atoms with Crippen molar-refractivity contribution in [2.75, 3.05) is 0 Å². The zero-order valence-electron chi connectivity index (χ0n) is 4.97. The van der Waals surface area contributed by atoms with Gasteiger partial charge in [-0.3, -0.25) is 0 Å². The Balaban J connectivity index is 0.000000810. The summed E-state index contributed by atoms with van der Waals surface area (Å²) in [5, 5.41) is 1.22. The van der Waals surface area contributed by atoms with E-state index in [2.05, 4.69) is 16.3 Å². The van der Waals surface area contributed by atoms with E-state index in [1.165, 1.54) is 0 Å². The smallest absolute Gasteiger partial charge is 0.120 e. The van der Waals surface area contributed by atoms with Crippen LogP contribution in [0.5, 0.6) is 0 Å². The number of hydrogen-bond acceptors (Lipinski definition) is 0. The lowest BCUT2D eigenvalue weighted by Crippen LogP contribution is -2.02. The Kier molecular flexibility index (Phi) is 5.02. The van der Waals surface area contributed by atoms with Crippen molar-refractivity contribution in [2.45, 2.75) is 0 Å². The van der Waals surface area contributed by atoms with E-state index in [-0.39, 0.29) is 17.0 Å². The highest BCUT2D eigenvalue weighted by Crippen LogP contribution is 2.17. The highest BCUT2D eigenvalue weighted by Gasteiger charge is 1.95. The molecule has 0 heterocycles. The third-order valence-electron chi connectivity index (χ3n) is 0.981. The van der Waals surface area contributed by atoms with E-state index in [1.807, 2.05) is 12.1 Å². The molecule has 1 aromatic rings. The molecule has 10 heavy (non-hydrogen) atoms. The van der Waals surface area contributed by atoms with Crippen LogP contribution in [0.2, 0.25) is 10.0 Å². The second-order valence-corrected chi connectivity index (χ2v) is 3.05. The summed E-state index contributed by atoms with van der Waals surface area (Å²) >= 11 is 13.9. The first-order chi connectivity index (χ1) is 4.22. The summed E-state index contributed by atoms with van der Waals surface area (Å²) in [7, 11) is 0. The molecule has 4 heteroatoms. The van der Waals surface area contributed by atoms with Gasteiger partial charge in [0, 0.05) is 5.02 Å². The molecule has 0 aliphatic carbocycles. The van der Waals surface area contributed by atoms with E-state index in [0.717, 1.165) is 4.43 Å². The minimum absolute atomic E-state index is 0. The Labute approximate surface area is 88.7 Å². The summed E-state index contributed by atoms with van der Waals surface area (Å²) in [6.07, 6.45) is 0. The van der Waals surface area contributed by atoms with Crippen molar-refractivity contribution in [1.82, 2.24) is 0 Å². The van der Waals surface area contributed by atoms with Crippen LogP contribution < -0.4 is 4.43 Å². The van der Waals surface area contributed by atoms with Gasteiger partial charge in [-0.1, -0.05) is 35.3 Å². The summed E-state index contributed by atoms with van der Waals surface area (Å²) < 4.78 is 0.934. The Morgan fingerprint density at radius 1 is 1.20 bits per heavy atom. The molecule has 0 aliphatic heterocycles. The first-order valence-electron chi connectivity index (χ1n) is 2.41. The maximum absolute atomic E-state index is 5.72. The average Bonchev–Trinajstić information content (AvgIpc) is 1.83. The van der Waals surface area contributed by atoms with E-state index < -0.39 is 0 Å². The second-order valence-electron chi connectivity index (χ2n) is 1.64. The Morgan fingerprint density at radius 2 is 1.80 bits per heavy atom. The lowest BCUT2D eigenvalue weighted by atomic mass is 10.4. The fourth-order valence-corrected chi connectivity index (χ4v) is 1.19. The van der Waals surface area contributed by atoms with Gasteiger partial charge in [0.1, 0.15) is 0 Å². The van der Waals surface area contributed by atoms with Gasteiger partial charge >= 0.3 is 0 Å². The quantitative estimate of drug-likeness (QED) is 0.623. The minimum Gasteiger partial charge on any atom is -0.120 e. The SMILES string of the molecule is Br.[Al][c]1cccc(Cl)c1Cl. The molecule has 0 spiro atoms. The van der Waals surface area contributed by atoms with E-state index in [4.69, 9.17) is 23.2 Å². The van der Waals surface area contributed by atoms with Crippen LogP contribution in [-0.2, 0) is 0 Å². The molecule has 1 rings (SSSR count). The Bertz CT molecular complexity index is 207. The summed E-state index contributed by atoms with van der Waals surface area (Å²) in [5.41, 5.74) is 0. The topological polar surface area (TPSA) is 0 Å². The van der Waals surface area contributed by atoms with Crippen molar-refractivity contribution in [1.29, 1.82) is 0 Å². The lowest BCUT2D eigenvalue weighted by Gasteiger charge is -1.97. The first-order valence-corrected chi connectivity index (χ1v) is 3.74. The van der Waals surface area contributed by atoms with Crippen LogP contribution in [0.1, 0.15) is 0 Å². The van der Waals surface area contributed by atoms with Crippen molar-refractivity contribution in [3.05, 3.63) is 28.2 Å². The molecule has 2 radical (unpaired) electrons. The maximum atomic E-state index is 5.72. The van der Waals surface area contributed by atoms with Crippen LogP contribution in [-0.4, -0.2) is 16.3 Å². The van der Waals surface area contributed by atoms with Crippen molar-refractivity contribution < 1.29 is 0 Å². The van der Waals surface area contributed by atoms with Gasteiger partial charge in [0.2, 0.25) is 0 Å². The molecule has 52 valence electrons. The summed E-state index contributed by atoms with van der Waals surface area (Å²) in [5.74, 6) is 0. The van der Waals surface area contributed by atoms with Gasteiger partial charge in [-0.25, -0.2) is 0 Å². The number of halogens is 3. The van der Waals surface area contributed by atoms with Crippen LogP contribution >= 0.6 is 40.2 Å². The number of hydrogen-bond donors (Lipinski definition) is 0. The highest BCUT2D eigenvalue weighted by atomic mass is 79.9. The van der Waals surface area contributed by atoms with Crippen molar-refractivity contribution >= 4 is 60.9 Å². The van der Waals surface area contributed by atoms with Gasteiger partial charge in [0.15, 0.2) is 16.3 Å². The molecule has 1 aromatic carbocycles. The van der Waals surface area contributed by atoms with Crippen molar-refractivity contribution in [2.24, 2.45) is 0 Å². The van der Waals surface area contributed by atoms with Crippen molar-refractivity contribution in [3.8, 4) is 0 Å².